The average molecular weight is 201 g/mol. The molecule has 0 aromatic heterocycles. The zero-order valence-corrected chi connectivity index (χ0v) is 7.42. The van der Waals surface area contributed by atoms with E-state index in [1.54, 1.807) is 0 Å². The predicted octanol–water partition coefficient (Wildman–Crippen LogP) is -0.0192. The molecule has 14 heavy (non-hydrogen) atoms. The Morgan fingerprint density at radius 2 is 2.07 bits per heavy atom. The van der Waals surface area contributed by atoms with Crippen LogP contribution in [0.3, 0.4) is 0 Å². The topological polar surface area (TPSA) is 87.1 Å². The van der Waals surface area contributed by atoms with Crippen molar-refractivity contribution in [1.29, 1.82) is 0 Å². The predicted molar refractivity (Wildman–Crippen MR) is 44.0 cm³/mol. The normalized spacial score (nSPS) is 35.7. The second-order valence-corrected chi connectivity index (χ2v) is 3.54. The molecule has 2 aliphatic rings. The lowest BCUT2D eigenvalue weighted by Crippen LogP contribution is -2.44. The van der Waals surface area contributed by atoms with Gasteiger partial charge in [0.15, 0.2) is 0 Å². The molecule has 0 aromatic rings. The molecule has 2 aliphatic heterocycles. The minimum absolute atomic E-state index is 0.229. The number of rotatable bonds is 1. The first-order valence-corrected chi connectivity index (χ1v) is 4.47. The molecular weight excluding hydrogens is 190 g/mol. The average Bonchev–Trinajstić information content (AvgIpc) is 2.58. The standard InChI is InChI=1S/C8H11NO5/c10-7(11)5-3-6-4(1-2-14-6)9(5)8(12)13/h4-6H,1-3H2,(H,10,11)(H,12,13)/t4-,5?,6-/m1/s1. The number of fused-ring (bicyclic) bond motifs is 1. The molecule has 2 saturated heterocycles. The zero-order valence-electron chi connectivity index (χ0n) is 7.42. The van der Waals surface area contributed by atoms with Crippen molar-refractivity contribution < 1.29 is 24.5 Å². The van der Waals surface area contributed by atoms with Gasteiger partial charge in [0.1, 0.15) is 6.04 Å². The third kappa shape index (κ3) is 1.22. The number of ether oxygens (including phenoxy) is 1. The summed E-state index contributed by atoms with van der Waals surface area (Å²) < 4.78 is 5.27. The molecule has 0 saturated carbocycles. The highest BCUT2D eigenvalue weighted by Gasteiger charge is 2.50. The van der Waals surface area contributed by atoms with E-state index in [0.29, 0.717) is 13.0 Å². The van der Waals surface area contributed by atoms with Crippen molar-refractivity contribution >= 4 is 12.1 Å². The van der Waals surface area contributed by atoms with Crippen LogP contribution in [0.1, 0.15) is 12.8 Å². The summed E-state index contributed by atoms with van der Waals surface area (Å²) in [6.45, 7) is 0.519. The van der Waals surface area contributed by atoms with Crippen LogP contribution in [0.5, 0.6) is 0 Å². The molecule has 2 fully saturated rings. The van der Waals surface area contributed by atoms with Crippen LogP contribution in [-0.4, -0.2) is 52.0 Å². The van der Waals surface area contributed by atoms with Crippen molar-refractivity contribution in [2.24, 2.45) is 0 Å². The Kier molecular flexibility index (Phi) is 2.07. The molecule has 2 rings (SSSR count). The Morgan fingerprint density at radius 3 is 2.64 bits per heavy atom. The van der Waals surface area contributed by atoms with E-state index < -0.39 is 18.1 Å². The van der Waals surface area contributed by atoms with Crippen molar-refractivity contribution in [2.75, 3.05) is 6.61 Å². The highest BCUT2D eigenvalue weighted by molar-refractivity contribution is 5.80. The first-order valence-electron chi connectivity index (χ1n) is 4.47. The third-order valence-corrected chi connectivity index (χ3v) is 2.83. The van der Waals surface area contributed by atoms with Gasteiger partial charge in [0.2, 0.25) is 0 Å². The van der Waals surface area contributed by atoms with E-state index in [1.165, 1.54) is 0 Å². The number of carbonyl (C=O) groups is 2. The molecule has 0 spiro atoms. The fourth-order valence-electron chi connectivity index (χ4n) is 2.24. The molecule has 0 aromatic carbocycles. The fourth-order valence-corrected chi connectivity index (χ4v) is 2.24. The van der Waals surface area contributed by atoms with Gasteiger partial charge in [-0.15, -0.1) is 0 Å². The molecule has 6 nitrogen and oxygen atoms in total. The van der Waals surface area contributed by atoms with Gasteiger partial charge in [-0.3, -0.25) is 4.90 Å². The second kappa shape index (κ2) is 3.13. The van der Waals surface area contributed by atoms with Crippen molar-refractivity contribution in [2.45, 2.75) is 31.0 Å². The summed E-state index contributed by atoms with van der Waals surface area (Å²) in [5.74, 6) is -1.09. The highest BCUT2D eigenvalue weighted by Crippen LogP contribution is 2.33. The van der Waals surface area contributed by atoms with E-state index in [-0.39, 0.29) is 18.6 Å². The monoisotopic (exact) mass is 201 g/mol. The van der Waals surface area contributed by atoms with Crippen LogP contribution in [0.2, 0.25) is 0 Å². The van der Waals surface area contributed by atoms with Crippen molar-refractivity contribution in [1.82, 2.24) is 4.90 Å². The van der Waals surface area contributed by atoms with E-state index in [4.69, 9.17) is 14.9 Å². The van der Waals surface area contributed by atoms with Crippen LogP contribution in [0, 0.1) is 0 Å². The fraction of sp³-hybridized carbons (Fsp3) is 0.750. The Balaban J connectivity index is 2.21. The summed E-state index contributed by atoms with van der Waals surface area (Å²) in [7, 11) is 0. The number of hydrogen-bond acceptors (Lipinski definition) is 3. The van der Waals surface area contributed by atoms with Gasteiger partial charge < -0.3 is 14.9 Å². The Morgan fingerprint density at radius 1 is 1.36 bits per heavy atom. The smallest absolute Gasteiger partial charge is 0.408 e. The number of amides is 1. The van der Waals surface area contributed by atoms with Crippen LogP contribution in [0.15, 0.2) is 0 Å². The maximum atomic E-state index is 10.9. The van der Waals surface area contributed by atoms with E-state index in [1.807, 2.05) is 0 Å². The van der Waals surface area contributed by atoms with Gasteiger partial charge in [0.05, 0.1) is 12.1 Å². The van der Waals surface area contributed by atoms with Crippen LogP contribution in [0.25, 0.3) is 0 Å². The lowest BCUT2D eigenvalue weighted by atomic mass is 10.1. The molecule has 1 amide bonds. The largest absolute Gasteiger partial charge is 0.480 e. The van der Waals surface area contributed by atoms with Crippen molar-refractivity contribution in [3.8, 4) is 0 Å². The lowest BCUT2D eigenvalue weighted by molar-refractivity contribution is -0.142. The number of nitrogens with zero attached hydrogens (tertiary/aromatic N) is 1. The molecule has 78 valence electrons. The van der Waals surface area contributed by atoms with E-state index >= 15 is 0 Å². The van der Waals surface area contributed by atoms with Crippen LogP contribution in [-0.2, 0) is 9.53 Å². The van der Waals surface area contributed by atoms with Gasteiger partial charge >= 0.3 is 12.1 Å². The third-order valence-electron chi connectivity index (χ3n) is 2.83. The molecule has 1 unspecified atom stereocenters. The first-order chi connectivity index (χ1) is 6.61. The number of hydrogen-bond donors (Lipinski definition) is 2. The molecule has 6 heteroatoms. The van der Waals surface area contributed by atoms with Gasteiger partial charge in [0, 0.05) is 13.0 Å². The molecule has 0 radical (unpaired) electrons. The quantitative estimate of drug-likeness (QED) is 0.622. The first kappa shape index (κ1) is 9.26. The highest BCUT2D eigenvalue weighted by atomic mass is 16.5. The van der Waals surface area contributed by atoms with Crippen LogP contribution >= 0.6 is 0 Å². The Hall–Kier alpha value is -1.30. The van der Waals surface area contributed by atoms with Crippen molar-refractivity contribution in [3.05, 3.63) is 0 Å². The Bertz CT molecular complexity index is 279. The van der Waals surface area contributed by atoms with E-state index in [0.717, 1.165) is 4.90 Å². The SMILES string of the molecule is O=C(O)C1C[C@H]2OCC[C@H]2N1C(=O)O. The maximum Gasteiger partial charge on any atom is 0.408 e. The van der Waals surface area contributed by atoms with Gasteiger partial charge in [-0.2, -0.15) is 0 Å². The Labute approximate surface area is 80.1 Å². The van der Waals surface area contributed by atoms with Crippen LogP contribution in [0.4, 0.5) is 4.79 Å². The number of carboxylic acids is 1. The molecule has 0 bridgehead atoms. The molecule has 2 N–H and O–H groups in total. The van der Waals surface area contributed by atoms with Gasteiger partial charge in [-0.05, 0) is 6.42 Å². The molecular formula is C8H11NO5. The van der Waals surface area contributed by atoms with Gasteiger partial charge in [-0.1, -0.05) is 0 Å². The van der Waals surface area contributed by atoms with Crippen LogP contribution < -0.4 is 0 Å². The van der Waals surface area contributed by atoms with E-state index in [9.17, 15) is 9.59 Å². The zero-order chi connectivity index (χ0) is 10.3. The van der Waals surface area contributed by atoms with E-state index in [2.05, 4.69) is 0 Å². The number of likely N-dealkylation sites (tertiary alicyclic amines) is 1. The molecule has 2 heterocycles. The number of aliphatic carboxylic acids is 1. The minimum Gasteiger partial charge on any atom is -0.480 e. The molecule has 3 atom stereocenters. The van der Waals surface area contributed by atoms with Gasteiger partial charge in [0.25, 0.3) is 0 Å². The summed E-state index contributed by atoms with van der Waals surface area (Å²) in [6.07, 6.45) is -0.532. The lowest BCUT2D eigenvalue weighted by Gasteiger charge is -2.22. The second-order valence-electron chi connectivity index (χ2n) is 3.54. The maximum absolute atomic E-state index is 10.9. The number of carboxylic acid groups (broad SMARTS) is 2. The summed E-state index contributed by atoms with van der Waals surface area (Å²) in [6, 6.07) is -1.21. The molecule has 0 aliphatic carbocycles. The summed E-state index contributed by atoms with van der Waals surface area (Å²) >= 11 is 0. The summed E-state index contributed by atoms with van der Waals surface area (Å²) in [4.78, 5) is 22.7. The van der Waals surface area contributed by atoms with Gasteiger partial charge in [-0.25, -0.2) is 9.59 Å². The minimum atomic E-state index is -1.17. The van der Waals surface area contributed by atoms with Crippen molar-refractivity contribution in [3.63, 3.8) is 0 Å². The summed E-state index contributed by atoms with van der Waals surface area (Å²) in [5.41, 5.74) is 0. The summed E-state index contributed by atoms with van der Waals surface area (Å²) in [5, 5.41) is 17.7.